The maximum atomic E-state index is 13.5. The normalized spacial score (nSPS) is 11.5. The average Bonchev–Trinajstić information content (AvgIpc) is 3.46. The number of nitrogens with one attached hydrogen (secondary N) is 1. The predicted octanol–water partition coefficient (Wildman–Crippen LogP) is 8.26. The number of amides is 1. The quantitative estimate of drug-likeness (QED) is 0.145. The van der Waals surface area contributed by atoms with E-state index in [1.165, 1.54) is 30.2 Å². The molecule has 44 heavy (non-hydrogen) atoms. The van der Waals surface area contributed by atoms with E-state index in [1.54, 1.807) is 66.9 Å². The molecule has 2 heterocycles. The van der Waals surface area contributed by atoms with Crippen molar-refractivity contribution in [1.29, 1.82) is 0 Å². The van der Waals surface area contributed by atoms with Crippen molar-refractivity contribution in [2.75, 3.05) is 23.9 Å². The minimum atomic E-state index is -4.98. The molecule has 0 atom stereocenters. The highest BCUT2D eigenvalue weighted by Gasteiger charge is 2.42. The fraction of sp³-hybridized carbons (Fsp3) is 0.194. The highest BCUT2D eigenvalue weighted by Crippen LogP contribution is 2.33. The average molecular weight is 645 g/mol. The van der Waals surface area contributed by atoms with Crippen LogP contribution in [-0.4, -0.2) is 45.5 Å². The number of fused-ring (bicyclic) bond motifs is 1. The number of rotatable bonds is 11. The summed E-state index contributed by atoms with van der Waals surface area (Å²) < 4.78 is 64.4. The Morgan fingerprint density at radius 3 is 2.66 bits per heavy atom. The number of carbonyl (C=O) groups excluding carboxylic acids is 1. The van der Waals surface area contributed by atoms with E-state index in [0.717, 1.165) is 4.90 Å². The monoisotopic (exact) mass is 644 g/mol. The SMILES string of the molecule is CSCCN(Cc1ccc(-c2ccc3ncnc(Nc4ccc(OCc5cccc(F)c5)c(Cl)c4)c3c2)o1)C(=O)C(F)(F)F. The van der Waals surface area contributed by atoms with Crippen LogP contribution in [0.5, 0.6) is 5.75 Å². The molecule has 1 N–H and O–H groups in total. The van der Waals surface area contributed by atoms with Crippen molar-refractivity contribution >= 4 is 51.7 Å². The Kier molecular flexibility index (Phi) is 9.60. The van der Waals surface area contributed by atoms with E-state index in [4.69, 9.17) is 20.8 Å². The molecule has 1 amide bonds. The summed E-state index contributed by atoms with van der Waals surface area (Å²) in [6.07, 6.45) is -1.81. The molecule has 0 fully saturated rings. The molecule has 0 radical (unpaired) electrons. The second-order valence-electron chi connectivity index (χ2n) is 9.63. The van der Waals surface area contributed by atoms with Gasteiger partial charge in [-0.3, -0.25) is 4.79 Å². The predicted molar refractivity (Wildman–Crippen MR) is 163 cm³/mol. The first-order valence-corrected chi connectivity index (χ1v) is 15.0. The van der Waals surface area contributed by atoms with Crippen LogP contribution < -0.4 is 10.1 Å². The molecule has 5 aromatic rings. The van der Waals surface area contributed by atoms with Gasteiger partial charge in [-0.25, -0.2) is 14.4 Å². The van der Waals surface area contributed by atoms with Crippen LogP contribution in [0.25, 0.3) is 22.2 Å². The van der Waals surface area contributed by atoms with E-state index in [-0.39, 0.29) is 31.3 Å². The molecule has 0 saturated heterocycles. The molecule has 3 aromatic carbocycles. The van der Waals surface area contributed by atoms with Crippen LogP contribution >= 0.6 is 23.4 Å². The summed E-state index contributed by atoms with van der Waals surface area (Å²) in [6, 6.07) is 19.8. The van der Waals surface area contributed by atoms with Crippen LogP contribution in [0, 0.1) is 5.82 Å². The second kappa shape index (κ2) is 13.6. The number of ether oxygens (including phenoxy) is 1. The lowest BCUT2D eigenvalue weighted by molar-refractivity contribution is -0.186. The number of hydrogen-bond acceptors (Lipinski definition) is 7. The van der Waals surface area contributed by atoms with Gasteiger partial charge in [-0.05, 0) is 72.5 Å². The van der Waals surface area contributed by atoms with Crippen LogP contribution in [0.3, 0.4) is 0 Å². The van der Waals surface area contributed by atoms with Crippen molar-refractivity contribution in [3.8, 4) is 17.1 Å². The summed E-state index contributed by atoms with van der Waals surface area (Å²) in [4.78, 5) is 21.4. The molecule has 0 aliphatic heterocycles. The summed E-state index contributed by atoms with van der Waals surface area (Å²) in [5.74, 6) is -0.378. The number of carbonyl (C=O) groups is 1. The summed E-state index contributed by atoms with van der Waals surface area (Å²) in [7, 11) is 0. The molecular weight excluding hydrogens is 620 g/mol. The smallest absolute Gasteiger partial charge is 0.471 e. The molecule has 0 aliphatic rings. The number of benzene rings is 3. The molecule has 7 nitrogen and oxygen atoms in total. The molecule has 0 saturated carbocycles. The zero-order chi connectivity index (χ0) is 31.3. The van der Waals surface area contributed by atoms with Crippen LogP contribution in [0.15, 0.2) is 83.5 Å². The van der Waals surface area contributed by atoms with Crippen molar-refractivity contribution in [3.63, 3.8) is 0 Å². The number of hydrogen-bond donors (Lipinski definition) is 1. The number of halogens is 5. The summed E-state index contributed by atoms with van der Waals surface area (Å²) in [5.41, 5.74) is 2.56. The van der Waals surface area contributed by atoms with Gasteiger partial charge in [-0.1, -0.05) is 23.7 Å². The Hall–Kier alpha value is -4.29. The number of aromatic nitrogens is 2. The molecule has 2 aromatic heterocycles. The maximum Gasteiger partial charge on any atom is 0.471 e. The number of alkyl halides is 3. The number of furan rings is 1. The number of anilines is 2. The van der Waals surface area contributed by atoms with Crippen molar-refractivity contribution in [3.05, 3.63) is 101 Å². The standard InChI is InChI=1S/C31H25ClF4N4O3S/c1-44-12-11-40(30(41)31(34,35)36)16-23-7-10-27(43-23)20-5-8-26-24(14-20)29(38-18-37-26)39-22-6-9-28(25(32)15-22)42-17-19-3-2-4-21(33)13-19/h2-10,13-15,18H,11-12,16-17H2,1H3,(H,37,38,39). The Balaban J connectivity index is 1.33. The summed E-state index contributed by atoms with van der Waals surface area (Å²) in [5, 5.41) is 4.22. The van der Waals surface area contributed by atoms with Gasteiger partial charge in [0.05, 0.1) is 17.1 Å². The molecule has 0 aliphatic carbocycles. The van der Waals surface area contributed by atoms with E-state index in [9.17, 15) is 22.4 Å². The maximum absolute atomic E-state index is 13.5. The minimum absolute atomic E-state index is 0.0674. The Morgan fingerprint density at radius 1 is 1.07 bits per heavy atom. The Morgan fingerprint density at radius 2 is 1.91 bits per heavy atom. The van der Waals surface area contributed by atoms with E-state index in [1.807, 2.05) is 0 Å². The Bertz CT molecular complexity index is 1780. The van der Waals surface area contributed by atoms with Gasteiger partial charge in [0, 0.05) is 28.9 Å². The second-order valence-corrected chi connectivity index (χ2v) is 11.0. The first-order chi connectivity index (χ1) is 21.1. The lowest BCUT2D eigenvalue weighted by Gasteiger charge is -2.22. The summed E-state index contributed by atoms with van der Waals surface area (Å²) >= 11 is 7.80. The van der Waals surface area contributed by atoms with E-state index < -0.39 is 12.1 Å². The fourth-order valence-corrected chi connectivity index (χ4v) is 5.01. The van der Waals surface area contributed by atoms with Gasteiger partial charge in [-0.15, -0.1) is 0 Å². The molecule has 0 bridgehead atoms. The van der Waals surface area contributed by atoms with Crippen LogP contribution in [-0.2, 0) is 17.9 Å². The number of nitrogens with zero attached hydrogens (tertiary/aromatic N) is 3. The van der Waals surface area contributed by atoms with Crippen LogP contribution in [0.1, 0.15) is 11.3 Å². The zero-order valence-electron chi connectivity index (χ0n) is 23.2. The third kappa shape index (κ3) is 7.61. The van der Waals surface area contributed by atoms with E-state index >= 15 is 0 Å². The van der Waals surface area contributed by atoms with Gasteiger partial charge in [0.2, 0.25) is 0 Å². The minimum Gasteiger partial charge on any atom is -0.487 e. The van der Waals surface area contributed by atoms with Crippen LogP contribution in [0.2, 0.25) is 5.02 Å². The van der Waals surface area contributed by atoms with Crippen molar-refractivity contribution < 1.29 is 31.5 Å². The summed E-state index contributed by atoms with van der Waals surface area (Å²) in [6.45, 7) is -0.236. The van der Waals surface area contributed by atoms with Gasteiger partial charge in [-0.2, -0.15) is 24.9 Å². The van der Waals surface area contributed by atoms with Gasteiger partial charge in [0.15, 0.2) is 0 Å². The first kappa shape index (κ1) is 31.1. The van der Waals surface area contributed by atoms with E-state index in [0.29, 0.717) is 55.8 Å². The lowest BCUT2D eigenvalue weighted by atomic mass is 10.1. The Labute approximate surface area is 259 Å². The fourth-order valence-electron chi connectivity index (χ4n) is 4.37. The van der Waals surface area contributed by atoms with Crippen LogP contribution in [0.4, 0.5) is 29.1 Å². The van der Waals surface area contributed by atoms with Crippen molar-refractivity contribution in [1.82, 2.24) is 14.9 Å². The van der Waals surface area contributed by atoms with Gasteiger partial charge in [0.25, 0.3) is 0 Å². The van der Waals surface area contributed by atoms with Crippen molar-refractivity contribution in [2.45, 2.75) is 19.3 Å². The number of thioether (sulfide) groups is 1. The molecule has 228 valence electrons. The molecule has 5 rings (SSSR count). The molecule has 13 heteroatoms. The van der Waals surface area contributed by atoms with Gasteiger partial charge < -0.3 is 19.4 Å². The molecular formula is C31H25ClF4N4O3S. The first-order valence-electron chi connectivity index (χ1n) is 13.2. The topological polar surface area (TPSA) is 80.5 Å². The zero-order valence-corrected chi connectivity index (χ0v) is 24.8. The largest absolute Gasteiger partial charge is 0.487 e. The molecule has 0 unspecified atom stereocenters. The lowest BCUT2D eigenvalue weighted by Crippen LogP contribution is -2.41. The van der Waals surface area contributed by atoms with Gasteiger partial charge in [0.1, 0.15) is 41.8 Å². The van der Waals surface area contributed by atoms with Gasteiger partial charge >= 0.3 is 12.1 Å². The third-order valence-electron chi connectivity index (χ3n) is 6.50. The molecule has 0 spiro atoms. The highest BCUT2D eigenvalue weighted by atomic mass is 35.5. The third-order valence-corrected chi connectivity index (χ3v) is 7.39. The highest BCUT2D eigenvalue weighted by molar-refractivity contribution is 7.98. The van der Waals surface area contributed by atoms with E-state index in [2.05, 4.69) is 15.3 Å². The van der Waals surface area contributed by atoms with Crippen molar-refractivity contribution in [2.24, 2.45) is 0 Å².